The monoisotopic (exact) mass is 420 g/mol. The van der Waals surface area contributed by atoms with E-state index in [1.165, 1.54) is 41.7 Å². The molecule has 8 nitrogen and oxygen atoms in total. The van der Waals surface area contributed by atoms with Gasteiger partial charge in [-0.1, -0.05) is 19.9 Å². The molecule has 0 saturated carbocycles. The number of carbonyl (C=O) groups is 2. The molecule has 2 aromatic carbocycles. The quantitative estimate of drug-likeness (QED) is 0.626. The van der Waals surface area contributed by atoms with E-state index in [1.54, 1.807) is 32.0 Å². The Kier molecular flexibility index (Phi) is 7.74. The molecule has 0 aliphatic carbocycles. The lowest BCUT2D eigenvalue weighted by atomic mass is 10.2. The molecule has 9 heteroatoms. The average Bonchev–Trinajstić information content (AvgIpc) is 2.73. The Morgan fingerprint density at radius 2 is 1.69 bits per heavy atom. The third-order valence-corrected chi connectivity index (χ3v) is 6.19. The van der Waals surface area contributed by atoms with E-state index in [1.807, 2.05) is 0 Å². The van der Waals surface area contributed by atoms with Crippen LogP contribution >= 0.6 is 0 Å². The van der Waals surface area contributed by atoms with Crippen LogP contribution in [0.3, 0.4) is 0 Å². The number of anilines is 1. The van der Waals surface area contributed by atoms with Crippen molar-refractivity contribution < 1.29 is 27.5 Å². The number of amides is 1. The van der Waals surface area contributed by atoms with Gasteiger partial charge in [-0.15, -0.1) is 0 Å². The summed E-state index contributed by atoms with van der Waals surface area (Å²) in [6.45, 7) is 3.80. The van der Waals surface area contributed by atoms with Crippen molar-refractivity contribution in [1.29, 1.82) is 0 Å². The van der Waals surface area contributed by atoms with Crippen molar-refractivity contribution in [3.05, 3.63) is 54.1 Å². The molecule has 0 unspecified atom stereocenters. The summed E-state index contributed by atoms with van der Waals surface area (Å²) in [4.78, 5) is 24.2. The first-order chi connectivity index (χ1) is 13.8. The zero-order valence-corrected chi connectivity index (χ0v) is 17.4. The molecule has 0 radical (unpaired) electrons. The van der Waals surface area contributed by atoms with Gasteiger partial charge >= 0.3 is 5.97 Å². The summed E-state index contributed by atoms with van der Waals surface area (Å²) in [5.74, 6) is -0.691. The third kappa shape index (κ3) is 5.78. The molecule has 1 N–H and O–H groups in total. The third-order valence-electron chi connectivity index (χ3n) is 4.12. The van der Waals surface area contributed by atoms with Crippen LogP contribution in [0.15, 0.2) is 53.4 Å². The number of methoxy groups -OCH3 is 1. The number of hydrogen-bond acceptors (Lipinski definition) is 6. The lowest BCUT2D eigenvalue weighted by Crippen LogP contribution is -2.30. The minimum absolute atomic E-state index is 0.142. The molecule has 0 aliphatic heterocycles. The van der Waals surface area contributed by atoms with Crippen molar-refractivity contribution in [2.24, 2.45) is 0 Å². The van der Waals surface area contributed by atoms with Crippen molar-refractivity contribution in [1.82, 2.24) is 4.31 Å². The molecule has 0 fully saturated rings. The van der Waals surface area contributed by atoms with Crippen LogP contribution in [0.2, 0.25) is 0 Å². The highest BCUT2D eigenvalue weighted by Gasteiger charge is 2.21. The van der Waals surface area contributed by atoms with Crippen LogP contribution in [0, 0.1) is 0 Å². The van der Waals surface area contributed by atoms with Gasteiger partial charge in [-0.3, -0.25) is 4.79 Å². The normalized spacial score (nSPS) is 11.2. The molecule has 0 saturated heterocycles. The van der Waals surface area contributed by atoms with Crippen LogP contribution in [-0.2, 0) is 19.6 Å². The summed E-state index contributed by atoms with van der Waals surface area (Å²) in [7, 11) is -2.08. The lowest BCUT2D eigenvalue weighted by Gasteiger charge is -2.18. The van der Waals surface area contributed by atoms with Gasteiger partial charge in [-0.2, -0.15) is 4.31 Å². The van der Waals surface area contributed by atoms with Crippen LogP contribution < -0.4 is 10.1 Å². The number of benzene rings is 2. The maximum atomic E-state index is 12.5. The lowest BCUT2D eigenvalue weighted by molar-refractivity contribution is -0.119. The van der Waals surface area contributed by atoms with E-state index in [0.717, 1.165) is 0 Å². The second-order valence-corrected chi connectivity index (χ2v) is 7.91. The Balaban J connectivity index is 1.94. The van der Waals surface area contributed by atoms with Crippen molar-refractivity contribution in [2.45, 2.75) is 18.7 Å². The number of esters is 1. The number of nitrogens with one attached hydrogen (secondary N) is 1. The molecule has 0 aromatic heterocycles. The van der Waals surface area contributed by atoms with Crippen LogP contribution in [0.1, 0.15) is 24.2 Å². The van der Waals surface area contributed by atoms with Gasteiger partial charge in [0.05, 0.1) is 17.6 Å². The molecule has 2 aromatic rings. The summed E-state index contributed by atoms with van der Waals surface area (Å²) >= 11 is 0. The van der Waals surface area contributed by atoms with Gasteiger partial charge < -0.3 is 14.8 Å². The summed E-state index contributed by atoms with van der Waals surface area (Å²) in [5.41, 5.74) is 0.661. The van der Waals surface area contributed by atoms with E-state index in [-0.39, 0.29) is 10.5 Å². The van der Waals surface area contributed by atoms with E-state index in [0.29, 0.717) is 24.5 Å². The Morgan fingerprint density at radius 1 is 1.03 bits per heavy atom. The fraction of sp³-hybridized carbons (Fsp3) is 0.300. The van der Waals surface area contributed by atoms with Crippen LogP contribution in [0.4, 0.5) is 5.69 Å². The van der Waals surface area contributed by atoms with E-state index in [2.05, 4.69) is 5.32 Å². The fourth-order valence-corrected chi connectivity index (χ4v) is 4.04. The fourth-order valence-electron chi connectivity index (χ4n) is 2.58. The number of hydrogen-bond donors (Lipinski definition) is 1. The zero-order valence-electron chi connectivity index (χ0n) is 16.5. The van der Waals surface area contributed by atoms with Crippen molar-refractivity contribution in [3.63, 3.8) is 0 Å². The highest BCUT2D eigenvalue weighted by molar-refractivity contribution is 7.89. The Bertz CT molecular complexity index is 953. The molecule has 2 rings (SSSR count). The Labute approximate surface area is 170 Å². The molecule has 0 heterocycles. The van der Waals surface area contributed by atoms with Gasteiger partial charge in [0, 0.05) is 18.8 Å². The van der Waals surface area contributed by atoms with Crippen LogP contribution in [-0.4, -0.2) is 51.4 Å². The second kappa shape index (κ2) is 10.0. The minimum Gasteiger partial charge on any atom is -0.497 e. The molecule has 0 atom stereocenters. The van der Waals surface area contributed by atoms with Gasteiger partial charge in [-0.25, -0.2) is 13.2 Å². The maximum Gasteiger partial charge on any atom is 0.338 e. The SMILES string of the molecule is CCN(CC)S(=O)(=O)c1ccc(NC(=O)COC(=O)c2cccc(OC)c2)cc1. The van der Waals surface area contributed by atoms with Gasteiger partial charge in [0.1, 0.15) is 5.75 Å². The summed E-state index contributed by atoms with van der Waals surface area (Å²) in [6, 6.07) is 12.2. The maximum absolute atomic E-state index is 12.5. The topological polar surface area (TPSA) is 102 Å². The number of rotatable bonds is 9. The first-order valence-electron chi connectivity index (χ1n) is 9.03. The van der Waals surface area contributed by atoms with Gasteiger partial charge in [-0.05, 0) is 42.5 Å². The minimum atomic E-state index is -3.56. The van der Waals surface area contributed by atoms with Crippen LogP contribution in [0.25, 0.3) is 0 Å². The highest BCUT2D eigenvalue weighted by atomic mass is 32.2. The van der Waals surface area contributed by atoms with Crippen molar-refractivity contribution in [3.8, 4) is 5.75 Å². The van der Waals surface area contributed by atoms with Crippen molar-refractivity contribution >= 4 is 27.6 Å². The largest absolute Gasteiger partial charge is 0.497 e. The van der Waals surface area contributed by atoms with Crippen molar-refractivity contribution in [2.75, 3.05) is 32.1 Å². The zero-order chi connectivity index (χ0) is 21.4. The number of nitrogens with zero attached hydrogens (tertiary/aromatic N) is 1. The smallest absolute Gasteiger partial charge is 0.338 e. The molecule has 29 heavy (non-hydrogen) atoms. The Morgan fingerprint density at radius 3 is 2.28 bits per heavy atom. The first-order valence-corrected chi connectivity index (χ1v) is 10.5. The van der Waals surface area contributed by atoms with E-state index < -0.39 is 28.5 Å². The van der Waals surface area contributed by atoms with E-state index in [9.17, 15) is 18.0 Å². The number of sulfonamides is 1. The average molecular weight is 420 g/mol. The predicted octanol–water partition coefficient (Wildman–Crippen LogP) is 2.52. The standard InChI is InChI=1S/C20H24N2O6S/c1-4-22(5-2)29(25,26)18-11-9-16(10-12-18)21-19(23)14-28-20(24)15-7-6-8-17(13-15)27-3/h6-13H,4-5,14H2,1-3H3,(H,21,23). The highest BCUT2D eigenvalue weighted by Crippen LogP contribution is 2.18. The van der Waals surface area contributed by atoms with E-state index >= 15 is 0 Å². The molecular weight excluding hydrogens is 396 g/mol. The van der Waals surface area contributed by atoms with Gasteiger partial charge in [0.25, 0.3) is 5.91 Å². The number of carbonyl (C=O) groups excluding carboxylic acids is 2. The van der Waals surface area contributed by atoms with Gasteiger partial charge in [0.15, 0.2) is 6.61 Å². The Hall–Kier alpha value is -2.91. The molecule has 0 spiro atoms. The molecule has 156 valence electrons. The predicted molar refractivity (Wildman–Crippen MR) is 108 cm³/mol. The molecular formula is C20H24N2O6S. The van der Waals surface area contributed by atoms with Crippen LogP contribution in [0.5, 0.6) is 5.75 Å². The second-order valence-electron chi connectivity index (χ2n) is 5.97. The summed E-state index contributed by atoms with van der Waals surface area (Å²) in [5, 5.41) is 2.56. The van der Waals surface area contributed by atoms with E-state index in [4.69, 9.17) is 9.47 Å². The molecule has 0 bridgehead atoms. The molecule has 1 amide bonds. The first kappa shape index (κ1) is 22.4. The summed E-state index contributed by atoms with van der Waals surface area (Å²) in [6.07, 6.45) is 0. The number of ether oxygens (including phenoxy) is 2. The van der Waals surface area contributed by atoms with Gasteiger partial charge in [0.2, 0.25) is 10.0 Å². The molecule has 0 aliphatic rings. The summed E-state index contributed by atoms with van der Waals surface area (Å²) < 4.78 is 36.3.